The third-order valence-corrected chi connectivity index (χ3v) is 4.54. The minimum Gasteiger partial charge on any atom is -0.383 e. The topological polar surface area (TPSA) is 68.0 Å². The molecule has 0 aromatic carbocycles. The number of nitrogen functional groups attached to an aromatic ring is 1. The van der Waals surface area contributed by atoms with Crippen LogP contribution in [0.15, 0.2) is 12.3 Å². The predicted octanol–water partition coefficient (Wildman–Crippen LogP) is 2.42. The highest BCUT2D eigenvalue weighted by Gasteiger charge is 2.38. The molecule has 4 nitrogen and oxygen atoms in total. The van der Waals surface area contributed by atoms with E-state index in [9.17, 15) is 4.79 Å². The van der Waals surface area contributed by atoms with Crippen molar-refractivity contribution in [3.63, 3.8) is 0 Å². The summed E-state index contributed by atoms with van der Waals surface area (Å²) in [5.41, 5.74) is 6.23. The summed E-state index contributed by atoms with van der Waals surface area (Å²) in [7, 11) is 0. The van der Waals surface area contributed by atoms with Crippen molar-refractivity contribution >= 4 is 23.2 Å². The van der Waals surface area contributed by atoms with Gasteiger partial charge in [0.05, 0.1) is 16.6 Å². The molecule has 2 fully saturated rings. The summed E-state index contributed by atoms with van der Waals surface area (Å²) in [4.78, 5) is 16.5. The number of fused-ring (bicyclic) bond motifs is 1. The maximum atomic E-state index is 12.5. The van der Waals surface area contributed by atoms with Crippen molar-refractivity contribution in [1.29, 1.82) is 0 Å². The number of halogens is 1. The lowest BCUT2D eigenvalue weighted by molar-refractivity contribution is 0.0949. The SMILES string of the molecule is Nc1ncc(Cl)cc1C(=O)C1CC2CCCCC2N1. The van der Waals surface area contributed by atoms with Gasteiger partial charge in [-0.15, -0.1) is 0 Å². The molecule has 0 radical (unpaired) electrons. The Kier molecular flexibility index (Phi) is 3.46. The molecule has 102 valence electrons. The van der Waals surface area contributed by atoms with E-state index in [1.54, 1.807) is 6.07 Å². The predicted molar refractivity (Wildman–Crippen MR) is 75.3 cm³/mol. The van der Waals surface area contributed by atoms with Gasteiger partial charge < -0.3 is 11.1 Å². The minimum atomic E-state index is -0.129. The van der Waals surface area contributed by atoms with Crippen LogP contribution in [0.3, 0.4) is 0 Å². The Morgan fingerprint density at radius 1 is 1.42 bits per heavy atom. The van der Waals surface area contributed by atoms with Crippen LogP contribution < -0.4 is 11.1 Å². The van der Waals surface area contributed by atoms with Gasteiger partial charge in [0, 0.05) is 12.2 Å². The zero-order valence-corrected chi connectivity index (χ0v) is 11.5. The van der Waals surface area contributed by atoms with Crippen molar-refractivity contribution in [1.82, 2.24) is 10.3 Å². The van der Waals surface area contributed by atoms with Gasteiger partial charge in [0.2, 0.25) is 0 Å². The van der Waals surface area contributed by atoms with Crippen molar-refractivity contribution < 1.29 is 4.79 Å². The molecule has 3 unspecified atom stereocenters. The van der Waals surface area contributed by atoms with E-state index in [-0.39, 0.29) is 17.6 Å². The van der Waals surface area contributed by atoms with E-state index in [2.05, 4.69) is 10.3 Å². The van der Waals surface area contributed by atoms with Crippen LogP contribution in [0.4, 0.5) is 5.82 Å². The molecule has 0 amide bonds. The number of pyridine rings is 1. The first-order valence-electron chi connectivity index (χ1n) is 6.86. The summed E-state index contributed by atoms with van der Waals surface area (Å²) in [5, 5.41) is 3.91. The first-order valence-corrected chi connectivity index (χ1v) is 7.24. The second kappa shape index (κ2) is 5.10. The van der Waals surface area contributed by atoms with E-state index < -0.39 is 0 Å². The number of carbonyl (C=O) groups excluding carboxylic acids is 1. The maximum Gasteiger partial charge on any atom is 0.183 e. The molecule has 1 aliphatic heterocycles. The van der Waals surface area contributed by atoms with Gasteiger partial charge in [-0.1, -0.05) is 24.4 Å². The highest BCUT2D eigenvalue weighted by Crippen LogP contribution is 2.34. The van der Waals surface area contributed by atoms with Gasteiger partial charge in [0.1, 0.15) is 5.82 Å². The lowest BCUT2D eigenvalue weighted by Crippen LogP contribution is -2.37. The quantitative estimate of drug-likeness (QED) is 0.816. The van der Waals surface area contributed by atoms with Gasteiger partial charge in [-0.25, -0.2) is 4.98 Å². The first-order chi connectivity index (χ1) is 9.15. The number of aromatic nitrogens is 1. The standard InChI is InChI=1S/C14H18ClN3O/c15-9-6-10(14(16)17-7-9)13(19)12-5-8-3-1-2-4-11(8)18-12/h6-8,11-12,18H,1-5H2,(H2,16,17). The highest BCUT2D eigenvalue weighted by atomic mass is 35.5. The summed E-state index contributed by atoms with van der Waals surface area (Å²) >= 11 is 5.90. The van der Waals surface area contributed by atoms with Crippen molar-refractivity contribution in [2.45, 2.75) is 44.2 Å². The number of hydrogen-bond donors (Lipinski definition) is 2. The number of Topliss-reactive ketones (excluding diaryl/α,β-unsaturated/α-hetero) is 1. The van der Waals surface area contributed by atoms with Gasteiger partial charge in [-0.05, 0) is 31.2 Å². The van der Waals surface area contributed by atoms with E-state index in [0.29, 0.717) is 22.5 Å². The molecule has 3 N–H and O–H groups in total. The molecule has 3 atom stereocenters. The molecular formula is C14H18ClN3O. The Balaban J connectivity index is 1.79. The summed E-state index contributed by atoms with van der Waals surface area (Å²) in [6.07, 6.45) is 7.33. The largest absolute Gasteiger partial charge is 0.383 e. The summed E-state index contributed by atoms with van der Waals surface area (Å²) in [6, 6.07) is 1.99. The van der Waals surface area contributed by atoms with Crippen molar-refractivity contribution in [3.8, 4) is 0 Å². The van der Waals surface area contributed by atoms with Crippen molar-refractivity contribution in [3.05, 3.63) is 22.8 Å². The monoisotopic (exact) mass is 279 g/mol. The third kappa shape index (κ3) is 2.47. The van der Waals surface area contributed by atoms with E-state index >= 15 is 0 Å². The fourth-order valence-electron chi connectivity index (χ4n) is 3.36. The van der Waals surface area contributed by atoms with Crippen LogP contribution in [0.25, 0.3) is 0 Å². The zero-order chi connectivity index (χ0) is 13.4. The van der Waals surface area contributed by atoms with E-state index in [0.717, 1.165) is 6.42 Å². The number of nitrogens with zero attached hydrogens (tertiary/aromatic N) is 1. The Labute approximate surface area is 117 Å². The summed E-state index contributed by atoms with van der Waals surface area (Å²) in [6.45, 7) is 0. The molecule has 2 aliphatic rings. The normalized spacial score (nSPS) is 30.1. The molecule has 5 heteroatoms. The lowest BCUT2D eigenvalue weighted by Gasteiger charge is -2.24. The smallest absolute Gasteiger partial charge is 0.183 e. The van der Waals surface area contributed by atoms with Crippen LogP contribution in [0, 0.1) is 5.92 Å². The van der Waals surface area contributed by atoms with Crippen LogP contribution in [-0.4, -0.2) is 22.9 Å². The van der Waals surface area contributed by atoms with Crippen molar-refractivity contribution in [2.24, 2.45) is 5.92 Å². The molecule has 1 saturated carbocycles. The number of nitrogens with two attached hydrogens (primary N) is 1. The summed E-state index contributed by atoms with van der Waals surface area (Å²) < 4.78 is 0. The highest BCUT2D eigenvalue weighted by molar-refractivity contribution is 6.31. The molecule has 1 aliphatic carbocycles. The van der Waals surface area contributed by atoms with Crippen LogP contribution in [0.2, 0.25) is 5.02 Å². The van der Waals surface area contributed by atoms with Gasteiger partial charge >= 0.3 is 0 Å². The van der Waals surface area contributed by atoms with Crippen molar-refractivity contribution in [2.75, 3.05) is 5.73 Å². The number of rotatable bonds is 2. The minimum absolute atomic E-state index is 0.0295. The molecular weight excluding hydrogens is 262 g/mol. The number of ketones is 1. The molecule has 2 heterocycles. The van der Waals surface area contributed by atoms with Crippen LogP contribution in [0.5, 0.6) is 0 Å². The molecule has 3 rings (SSSR count). The zero-order valence-electron chi connectivity index (χ0n) is 10.7. The van der Waals surface area contributed by atoms with E-state index in [1.165, 1.54) is 31.9 Å². The van der Waals surface area contributed by atoms with E-state index in [1.807, 2.05) is 0 Å². The van der Waals surface area contributed by atoms with Gasteiger partial charge in [0.25, 0.3) is 0 Å². The Morgan fingerprint density at radius 3 is 3.00 bits per heavy atom. The molecule has 1 aromatic heterocycles. The fraction of sp³-hybridized carbons (Fsp3) is 0.571. The van der Waals surface area contributed by atoms with Gasteiger partial charge in [0.15, 0.2) is 5.78 Å². The number of hydrogen-bond acceptors (Lipinski definition) is 4. The average Bonchev–Trinajstić information content (AvgIpc) is 2.84. The van der Waals surface area contributed by atoms with Crippen LogP contribution in [-0.2, 0) is 0 Å². The second-order valence-electron chi connectivity index (χ2n) is 5.56. The Morgan fingerprint density at radius 2 is 2.21 bits per heavy atom. The maximum absolute atomic E-state index is 12.5. The Hall–Kier alpha value is -1.13. The second-order valence-corrected chi connectivity index (χ2v) is 5.99. The lowest BCUT2D eigenvalue weighted by atomic mass is 9.84. The fourth-order valence-corrected chi connectivity index (χ4v) is 3.51. The molecule has 1 aromatic rings. The van der Waals surface area contributed by atoms with Crippen LogP contribution >= 0.6 is 11.6 Å². The molecule has 0 bridgehead atoms. The molecule has 1 saturated heterocycles. The first kappa shape index (κ1) is 12.9. The molecule has 0 spiro atoms. The average molecular weight is 280 g/mol. The molecule has 19 heavy (non-hydrogen) atoms. The van der Waals surface area contributed by atoms with E-state index in [4.69, 9.17) is 17.3 Å². The van der Waals surface area contributed by atoms with Gasteiger partial charge in [-0.3, -0.25) is 4.79 Å². The van der Waals surface area contributed by atoms with Crippen LogP contribution in [0.1, 0.15) is 42.5 Å². The Bertz CT molecular complexity index is 491. The number of carbonyl (C=O) groups is 1. The third-order valence-electron chi connectivity index (χ3n) is 4.33. The van der Waals surface area contributed by atoms with Gasteiger partial charge in [-0.2, -0.15) is 0 Å². The number of nitrogens with one attached hydrogen (secondary N) is 1. The summed E-state index contributed by atoms with van der Waals surface area (Å²) in [5.74, 6) is 0.934. The number of anilines is 1.